The van der Waals surface area contributed by atoms with E-state index < -0.39 is 11.8 Å². The first kappa shape index (κ1) is 23.0. The fraction of sp³-hybridized carbons (Fsp3) is 0.0417. The summed E-state index contributed by atoms with van der Waals surface area (Å²) < 4.78 is 5.66. The molecule has 3 aromatic carbocycles. The molecule has 0 saturated carbocycles. The number of hydrogen-bond acceptors (Lipinski definition) is 4. The third-order valence-corrected chi connectivity index (χ3v) is 4.75. The van der Waals surface area contributed by atoms with E-state index in [1.54, 1.807) is 30.3 Å². The van der Waals surface area contributed by atoms with Gasteiger partial charge in [-0.15, -0.1) is 0 Å². The van der Waals surface area contributed by atoms with Gasteiger partial charge in [0.2, 0.25) is 5.91 Å². The lowest BCUT2D eigenvalue weighted by atomic mass is 10.1. The highest BCUT2D eigenvalue weighted by Crippen LogP contribution is 2.29. The van der Waals surface area contributed by atoms with Gasteiger partial charge in [-0.2, -0.15) is 0 Å². The molecule has 0 atom stereocenters. The van der Waals surface area contributed by atoms with Gasteiger partial charge >= 0.3 is 0 Å². The Morgan fingerprint density at radius 3 is 2.38 bits per heavy atom. The van der Waals surface area contributed by atoms with Gasteiger partial charge in [0, 0.05) is 16.7 Å². The zero-order valence-electron chi connectivity index (χ0n) is 16.9. The predicted octanol–water partition coefficient (Wildman–Crippen LogP) is 4.12. The molecule has 162 valence electrons. The second kappa shape index (κ2) is 11.6. The number of rotatable bonds is 6. The normalized spacial score (nSPS) is 10.4. The van der Waals surface area contributed by atoms with Gasteiger partial charge in [-0.05, 0) is 41.6 Å². The molecule has 3 rings (SSSR count). The van der Waals surface area contributed by atoms with E-state index in [1.807, 2.05) is 54.6 Å². The van der Waals surface area contributed by atoms with Crippen molar-refractivity contribution in [3.05, 3.63) is 95.5 Å². The van der Waals surface area contributed by atoms with Gasteiger partial charge in [0.15, 0.2) is 11.7 Å². The average Bonchev–Trinajstić information content (AvgIpc) is 2.81. The van der Waals surface area contributed by atoms with Crippen molar-refractivity contribution in [2.45, 2.75) is 0 Å². The number of hydrazine groups is 1. The summed E-state index contributed by atoms with van der Waals surface area (Å²) in [6.07, 6.45) is 2.86. The highest BCUT2D eigenvalue weighted by Gasteiger charge is 2.09. The maximum absolute atomic E-state index is 12.1. The summed E-state index contributed by atoms with van der Waals surface area (Å²) in [5, 5.41) is 2.89. The third kappa shape index (κ3) is 6.94. The Kier molecular flexibility index (Phi) is 8.36. The standard InChI is InChI=1S/C24H20ClN3O3S/c25-20-12-6-4-10-18(20)14-15-22(29)26-24(32)28-27-23(30)16-31-21-13-7-5-11-19(21)17-8-2-1-3-9-17/h1-15H,16H2,(H,27,30)(H2,26,28,29,32)/b15-14+. The number of carbonyl (C=O) groups excluding carboxylic acids is 2. The van der Waals surface area contributed by atoms with Crippen LogP contribution in [0, 0.1) is 0 Å². The van der Waals surface area contributed by atoms with Gasteiger partial charge in [-0.3, -0.25) is 25.8 Å². The monoisotopic (exact) mass is 465 g/mol. The van der Waals surface area contributed by atoms with E-state index in [2.05, 4.69) is 16.2 Å². The fourth-order valence-electron chi connectivity index (χ4n) is 2.72. The van der Waals surface area contributed by atoms with Gasteiger partial charge in [0.1, 0.15) is 5.75 Å². The quantitative estimate of drug-likeness (QED) is 0.290. The van der Waals surface area contributed by atoms with E-state index in [4.69, 9.17) is 28.6 Å². The van der Waals surface area contributed by atoms with Crippen LogP contribution in [0.3, 0.4) is 0 Å². The lowest BCUT2D eigenvalue weighted by Gasteiger charge is -2.13. The summed E-state index contributed by atoms with van der Waals surface area (Å²) in [6, 6.07) is 24.3. The van der Waals surface area contributed by atoms with Crippen molar-refractivity contribution in [3.8, 4) is 16.9 Å². The van der Waals surface area contributed by atoms with E-state index in [9.17, 15) is 9.59 Å². The van der Waals surface area contributed by atoms with Gasteiger partial charge in [-0.1, -0.05) is 78.3 Å². The molecule has 0 fully saturated rings. The van der Waals surface area contributed by atoms with Crippen molar-refractivity contribution >= 4 is 46.8 Å². The molecule has 0 unspecified atom stereocenters. The lowest BCUT2D eigenvalue weighted by Crippen LogP contribution is -2.49. The maximum atomic E-state index is 12.1. The third-order valence-electron chi connectivity index (χ3n) is 4.20. The van der Waals surface area contributed by atoms with Crippen molar-refractivity contribution < 1.29 is 14.3 Å². The Morgan fingerprint density at radius 1 is 0.906 bits per heavy atom. The molecule has 32 heavy (non-hydrogen) atoms. The summed E-state index contributed by atoms with van der Waals surface area (Å²) >= 11 is 11.0. The van der Waals surface area contributed by atoms with Crippen LogP contribution in [0.5, 0.6) is 5.75 Å². The van der Waals surface area contributed by atoms with E-state index in [0.717, 1.165) is 11.1 Å². The van der Waals surface area contributed by atoms with Crippen LogP contribution in [0.25, 0.3) is 17.2 Å². The van der Waals surface area contributed by atoms with Crippen LogP contribution in [-0.4, -0.2) is 23.5 Å². The molecule has 0 aromatic heterocycles. The number of thiocarbonyl (C=S) groups is 1. The zero-order valence-corrected chi connectivity index (χ0v) is 18.5. The first-order valence-corrected chi connectivity index (χ1v) is 10.4. The molecule has 3 N–H and O–H groups in total. The Hall–Kier alpha value is -3.68. The van der Waals surface area contributed by atoms with Gasteiger partial charge in [-0.25, -0.2) is 0 Å². The molecule has 3 aromatic rings. The molecule has 0 saturated heterocycles. The molecule has 0 aliphatic rings. The van der Waals surface area contributed by atoms with Crippen molar-refractivity contribution in [2.75, 3.05) is 6.61 Å². The summed E-state index contributed by atoms with van der Waals surface area (Å²) in [4.78, 5) is 24.1. The van der Waals surface area contributed by atoms with Crippen LogP contribution >= 0.6 is 23.8 Å². The number of carbonyl (C=O) groups is 2. The topological polar surface area (TPSA) is 79.5 Å². The number of amides is 2. The molecule has 0 aliphatic carbocycles. The molecule has 8 heteroatoms. The van der Waals surface area contributed by atoms with E-state index in [0.29, 0.717) is 16.3 Å². The summed E-state index contributed by atoms with van der Waals surface area (Å²) in [7, 11) is 0. The molecule has 2 amide bonds. The Balaban J connectivity index is 1.45. The Morgan fingerprint density at radius 2 is 1.59 bits per heavy atom. The number of ether oxygens (including phenoxy) is 1. The molecule has 0 spiro atoms. The Bertz CT molecular complexity index is 1140. The molecular weight excluding hydrogens is 446 g/mol. The zero-order chi connectivity index (χ0) is 22.8. The molecule has 0 radical (unpaired) electrons. The number of benzene rings is 3. The average molecular weight is 466 g/mol. The van der Waals surface area contributed by atoms with Gasteiger partial charge < -0.3 is 4.74 Å². The summed E-state index contributed by atoms with van der Waals surface area (Å²) in [5.41, 5.74) is 7.41. The number of hydrogen-bond donors (Lipinski definition) is 3. The van der Waals surface area contributed by atoms with E-state index >= 15 is 0 Å². The first-order valence-electron chi connectivity index (χ1n) is 9.62. The molecule has 0 heterocycles. The molecule has 0 aliphatic heterocycles. The first-order chi connectivity index (χ1) is 15.5. The largest absolute Gasteiger partial charge is 0.483 e. The second-order valence-corrected chi connectivity index (χ2v) is 7.31. The van der Waals surface area contributed by atoms with Crippen molar-refractivity contribution in [2.24, 2.45) is 0 Å². The molecule has 6 nitrogen and oxygen atoms in total. The van der Waals surface area contributed by atoms with Crippen LogP contribution in [-0.2, 0) is 9.59 Å². The van der Waals surface area contributed by atoms with Crippen LogP contribution in [0.2, 0.25) is 5.02 Å². The minimum Gasteiger partial charge on any atom is -0.483 e. The summed E-state index contributed by atoms with van der Waals surface area (Å²) in [6.45, 7) is -0.236. The number of nitrogens with one attached hydrogen (secondary N) is 3. The van der Waals surface area contributed by atoms with E-state index in [1.165, 1.54) is 6.08 Å². The highest BCUT2D eigenvalue weighted by molar-refractivity contribution is 7.80. The maximum Gasteiger partial charge on any atom is 0.276 e. The van der Waals surface area contributed by atoms with Crippen LogP contribution in [0.4, 0.5) is 0 Å². The molecule has 0 bridgehead atoms. The highest BCUT2D eigenvalue weighted by atomic mass is 35.5. The van der Waals surface area contributed by atoms with E-state index in [-0.39, 0.29) is 11.7 Å². The SMILES string of the molecule is O=C(/C=C/c1ccccc1Cl)NC(=S)NNC(=O)COc1ccccc1-c1ccccc1. The predicted molar refractivity (Wildman–Crippen MR) is 130 cm³/mol. The number of para-hydroxylation sites is 1. The summed E-state index contributed by atoms with van der Waals surface area (Å²) in [5.74, 6) is -0.352. The van der Waals surface area contributed by atoms with Crippen molar-refractivity contribution in [1.82, 2.24) is 16.2 Å². The second-order valence-electron chi connectivity index (χ2n) is 6.50. The van der Waals surface area contributed by atoms with Gasteiger partial charge in [0.05, 0.1) is 0 Å². The van der Waals surface area contributed by atoms with Crippen molar-refractivity contribution in [1.29, 1.82) is 0 Å². The van der Waals surface area contributed by atoms with Crippen molar-refractivity contribution in [3.63, 3.8) is 0 Å². The lowest BCUT2D eigenvalue weighted by molar-refractivity contribution is -0.123. The van der Waals surface area contributed by atoms with Crippen LogP contribution in [0.1, 0.15) is 5.56 Å². The Labute approximate surface area is 196 Å². The number of halogens is 1. The molecular formula is C24H20ClN3O3S. The van der Waals surface area contributed by atoms with Gasteiger partial charge in [0.25, 0.3) is 5.91 Å². The van der Waals surface area contributed by atoms with Crippen LogP contribution in [0.15, 0.2) is 84.9 Å². The minimum absolute atomic E-state index is 0.0585. The smallest absolute Gasteiger partial charge is 0.276 e. The van der Waals surface area contributed by atoms with Crippen LogP contribution < -0.4 is 20.9 Å². The minimum atomic E-state index is -0.468. The fourth-order valence-corrected chi connectivity index (χ4v) is 3.07.